The van der Waals surface area contributed by atoms with E-state index in [0.717, 1.165) is 23.5 Å². The van der Waals surface area contributed by atoms with Crippen LogP contribution in [0.4, 0.5) is 13.2 Å². The monoisotopic (exact) mass is 429 g/mol. The number of carbonyl (C=O) groups excluding carboxylic acids is 1. The van der Waals surface area contributed by atoms with Crippen LogP contribution >= 0.6 is 0 Å². The Morgan fingerprint density at radius 2 is 1.74 bits per heavy atom. The van der Waals surface area contributed by atoms with Crippen LogP contribution in [0.15, 0.2) is 42.5 Å². The summed E-state index contributed by atoms with van der Waals surface area (Å²) in [5.41, 5.74) is 0.651. The number of hydrogen-bond donors (Lipinski definition) is 1. The van der Waals surface area contributed by atoms with E-state index in [0.29, 0.717) is 31.9 Å². The molecule has 0 aliphatic carbocycles. The van der Waals surface area contributed by atoms with Gasteiger partial charge < -0.3 is 9.88 Å². The first kappa shape index (κ1) is 21.0. The van der Waals surface area contributed by atoms with Gasteiger partial charge in [0.15, 0.2) is 17.5 Å². The summed E-state index contributed by atoms with van der Waals surface area (Å²) in [4.78, 5) is 14.1. The molecule has 1 N–H and O–H groups in total. The summed E-state index contributed by atoms with van der Waals surface area (Å²) in [7, 11) is 0. The molecule has 9 heteroatoms. The lowest BCUT2D eigenvalue weighted by Crippen LogP contribution is -2.29. The first-order chi connectivity index (χ1) is 15.0. The lowest BCUT2D eigenvalue weighted by atomic mass is 10.1. The topological polar surface area (TPSA) is 63.1 Å². The van der Waals surface area contributed by atoms with Gasteiger partial charge in [-0.3, -0.25) is 9.69 Å². The van der Waals surface area contributed by atoms with Crippen molar-refractivity contribution >= 4 is 5.91 Å². The normalized spacial score (nSPS) is 14.2. The van der Waals surface area contributed by atoms with Crippen LogP contribution in [0.25, 0.3) is 0 Å². The fourth-order valence-corrected chi connectivity index (χ4v) is 3.67. The van der Waals surface area contributed by atoms with Crippen LogP contribution in [0.5, 0.6) is 0 Å². The van der Waals surface area contributed by atoms with Gasteiger partial charge in [-0.25, -0.2) is 13.2 Å². The lowest BCUT2D eigenvalue weighted by molar-refractivity contribution is -0.120. The third-order valence-corrected chi connectivity index (χ3v) is 5.37. The predicted octanol–water partition coefficient (Wildman–Crippen LogP) is 2.61. The number of fused-ring (bicyclic) bond motifs is 1. The zero-order chi connectivity index (χ0) is 21.8. The van der Waals surface area contributed by atoms with E-state index in [1.54, 1.807) is 0 Å². The summed E-state index contributed by atoms with van der Waals surface area (Å²) >= 11 is 0. The second kappa shape index (κ2) is 9.30. The minimum atomic E-state index is -1.15. The van der Waals surface area contributed by atoms with E-state index in [9.17, 15) is 18.0 Å². The molecule has 2 heterocycles. The van der Waals surface area contributed by atoms with Gasteiger partial charge in [-0.2, -0.15) is 0 Å². The van der Waals surface area contributed by atoms with E-state index >= 15 is 0 Å². The molecule has 1 aliphatic heterocycles. The summed E-state index contributed by atoms with van der Waals surface area (Å²) in [6.45, 7) is 1.71. The molecule has 0 unspecified atom stereocenters. The Morgan fingerprint density at radius 3 is 2.55 bits per heavy atom. The molecule has 0 bridgehead atoms. The number of nitrogens with zero attached hydrogens (tertiary/aromatic N) is 4. The molecule has 0 radical (unpaired) electrons. The lowest BCUT2D eigenvalue weighted by Gasteiger charge is -2.20. The molecule has 31 heavy (non-hydrogen) atoms. The smallest absolute Gasteiger partial charge is 0.224 e. The summed E-state index contributed by atoms with van der Waals surface area (Å²) in [6, 6.07) is 11.2. The van der Waals surface area contributed by atoms with Gasteiger partial charge in [0.25, 0.3) is 0 Å². The second-order valence-electron chi connectivity index (χ2n) is 7.47. The Hall–Kier alpha value is -3.20. The van der Waals surface area contributed by atoms with E-state index in [2.05, 4.69) is 15.5 Å². The van der Waals surface area contributed by atoms with Gasteiger partial charge in [0, 0.05) is 38.2 Å². The molecule has 0 fully saturated rings. The average molecular weight is 429 g/mol. The van der Waals surface area contributed by atoms with Crippen LogP contribution in [-0.4, -0.2) is 38.7 Å². The molecule has 3 aromatic rings. The van der Waals surface area contributed by atoms with E-state index in [1.807, 2.05) is 39.8 Å². The first-order valence-electron chi connectivity index (χ1n) is 10.1. The Bertz CT molecular complexity index is 1070. The van der Waals surface area contributed by atoms with Crippen molar-refractivity contribution in [3.63, 3.8) is 0 Å². The maximum atomic E-state index is 14.0. The first-order valence-corrected chi connectivity index (χ1v) is 10.1. The molecule has 0 spiro atoms. The number of aromatic nitrogens is 3. The SMILES string of the molecule is O=C(Cc1ccccc1)NCc1nnc2n1CCN(Cc1c(F)ccc(F)c1F)CC2. The minimum Gasteiger partial charge on any atom is -0.349 e. The molecule has 4 rings (SSSR count). The fourth-order valence-electron chi connectivity index (χ4n) is 3.67. The van der Waals surface area contributed by atoms with Gasteiger partial charge in [0.05, 0.1) is 13.0 Å². The van der Waals surface area contributed by atoms with Gasteiger partial charge >= 0.3 is 0 Å². The van der Waals surface area contributed by atoms with Crippen LogP contribution in [0, 0.1) is 17.5 Å². The number of hydrogen-bond acceptors (Lipinski definition) is 4. The van der Waals surface area contributed by atoms with Crippen LogP contribution in [0.1, 0.15) is 22.8 Å². The standard InChI is InChI=1S/C22H22F3N5O/c23-17-6-7-18(24)22(25)16(17)14-29-9-8-19-27-28-20(30(19)11-10-29)13-26-21(31)12-15-4-2-1-3-5-15/h1-7H,8-14H2,(H,26,31). The molecule has 162 valence electrons. The molecule has 0 atom stereocenters. The van der Waals surface area contributed by atoms with Crippen molar-refractivity contribution in [3.8, 4) is 0 Å². The van der Waals surface area contributed by atoms with Crippen molar-refractivity contribution in [1.29, 1.82) is 0 Å². The van der Waals surface area contributed by atoms with Gasteiger partial charge in [0.2, 0.25) is 5.91 Å². The minimum absolute atomic E-state index is 0.0309. The maximum Gasteiger partial charge on any atom is 0.224 e. The second-order valence-corrected chi connectivity index (χ2v) is 7.47. The average Bonchev–Trinajstić information content (AvgIpc) is 3.05. The molecule has 1 amide bonds. The van der Waals surface area contributed by atoms with E-state index in [4.69, 9.17) is 0 Å². The van der Waals surface area contributed by atoms with Crippen LogP contribution in [-0.2, 0) is 37.3 Å². The van der Waals surface area contributed by atoms with Gasteiger partial charge in [-0.1, -0.05) is 30.3 Å². The predicted molar refractivity (Wildman–Crippen MR) is 107 cm³/mol. The van der Waals surface area contributed by atoms with Crippen LogP contribution in [0.3, 0.4) is 0 Å². The third kappa shape index (κ3) is 4.93. The molecule has 2 aromatic carbocycles. The molecular formula is C22H22F3N5O. The molecule has 1 aromatic heterocycles. The van der Waals surface area contributed by atoms with Crippen molar-refractivity contribution < 1.29 is 18.0 Å². The number of amides is 1. The summed E-state index contributed by atoms with van der Waals surface area (Å²) in [6.07, 6.45) is 0.809. The van der Waals surface area contributed by atoms with Crippen LogP contribution < -0.4 is 5.32 Å². The van der Waals surface area contributed by atoms with Crippen molar-refractivity contribution in [2.24, 2.45) is 0 Å². The Kier molecular flexibility index (Phi) is 6.31. The molecule has 0 saturated heterocycles. The summed E-state index contributed by atoms with van der Waals surface area (Å²) < 4.78 is 43.4. The van der Waals surface area contributed by atoms with Crippen molar-refractivity contribution in [1.82, 2.24) is 25.0 Å². The zero-order valence-electron chi connectivity index (χ0n) is 16.8. The van der Waals surface area contributed by atoms with E-state index in [1.165, 1.54) is 0 Å². The highest BCUT2D eigenvalue weighted by Gasteiger charge is 2.22. The fraction of sp³-hybridized carbons (Fsp3) is 0.318. The number of nitrogens with one attached hydrogen (secondary N) is 1. The molecule has 6 nitrogen and oxygen atoms in total. The maximum absolute atomic E-state index is 14.0. The highest BCUT2D eigenvalue weighted by molar-refractivity contribution is 5.78. The summed E-state index contributed by atoms with van der Waals surface area (Å²) in [5.74, 6) is -1.71. The quantitative estimate of drug-likeness (QED) is 0.612. The van der Waals surface area contributed by atoms with Crippen molar-refractivity contribution in [2.75, 3.05) is 13.1 Å². The molecule has 1 aliphatic rings. The van der Waals surface area contributed by atoms with Crippen molar-refractivity contribution in [3.05, 3.63) is 82.7 Å². The van der Waals surface area contributed by atoms with E-state index in [-0.39, 0.29) is 31.0 Å². The largest absolute Gasteiger partial charge is 0.349 e. The van der Waals surface area contributed by atoms with Crippen LogP contribution in [0.2, 0.25) is 0 Å². The highest BCUT2D eigenvalue weighted by Crippen LogP contribution is 2.19. The third-order valence-electron chi connectivity index (χ3n) is 5.37. The van der Waals surface area contributed by atoms with Gasteiger partial charge in [-0.15, -0.1) is 10.2 Å². The van der Waals surface area contributed by atoms with Gasteiger partial charge in [-0.05, 0) is 17.7 Å². The Balaban J connectivity index is 1.36. The number of carbonyl (C=O) groups is 1. The van der Waals surface area contributed by atoms with Gasteiger partial charge in [0.1, 0.15) is 11.6 Å². The Labute approximate surface area is 177 Å². The molecule has 0 saturated carbocycles. The number of rotatable bonds is 6. The summed E-state index contributed by atoms with van der Waals surface area (Å²) in [5, 5.41) is 11.2. The van der Waals surface area contributed by atoms with Crippen molar-refractivity contribution in [2.45, 2.75) is 32.5 Å². The molecular weight excluding hydrogens is 407 g/mol. The van der Waals surface area contributed by atoms with E-state index < -0.39 is 17.5 Å². The highest BCUT2D eigenvalue weighted by atomic mass is 19.2. The number of halogens is 3. The Morgan fingerprint density at radius 1 is 0.968 bits per heavy atom. The number of benzene rings is 2. The zero-order valence-corrected chi connectivity index (χ0v) is 16.8.